The Balaban J connectivity index is 2.04. The molecule has 0 spiro atoms. The summed E-state index contributed by atoms with van der Waals surface area (Å²) in [5.41, 5.74) is 0.894. The van der Waals surface area contributed by atoms with Crippen LogP contribution in [-0.4, -0.2) is 16.3 Å². The van der Waals surface area contributed by atoms with Gasteiger partial charge in [0.1, 0.15) is 0 Å². The Hall–Kier alpha value is -1.34. The maximum atomic E-state index is 8.87. The molecule has 0 bridgehead atoms. The SMILES string of the molecule is Cn1ccc(CNCCCCC(C)(C)C#N)n1. The minimum absolute atomic E-state index is 0.180. The molecule has 4 nitrogen and oxygen atoms in total. The lowest BCUT2D eigenvalue weighted by Gasteiger charge is -2.14. The smallest absolute Gasteiger partial charge is 0.0762 e. The summed E-state index contributed by atoms with van der Waals surface area (Å²) in [7, 11) is 1.92. The lowest BCUT2D eigenvalue weighted by molar-refractivity contribution is 0.422. The normalized spacial score (nSPS) is 11.4. The van der Waals surface area contributed by atoms with E-state index >= 15 is 0 Å². The van der Waals surface area contributed by atoms with E-state index in [-0.39, 0.29) is 5.41 Å². The molecular formula is C13H22N4. The van der Waals surface area contributed by atoms with E-state index in [0.717, 1.165) is 38.0 Å². The molecule has 0 radical (unpaired) electrons. The molecule has 94 valence electrons. The van der Waals surface area contributed by atoms with Crippen molar-refractivity contribution in [3.8, 4) is 6.07 Å². The highest BCUT2D eigenvalue weighted by Crippen LogP contribution is 2.21. The zero-order valence-corrected chi connectivity index (χ0v) is 11.0. The molecule has 17 heavy (non-hydrogen) atoms. The van der Waals surface area contributed by atoms with Gasteiger partial charge in [-0.25, -0.2) is 0 Å². The highest BCUT2D eigenvalue weighted by atomic mass is 15.3. The number of unbranched alkanes of at least 4 members (excludes halogenated alkanes) is 1. The molecule has 0 aliphatic carbocycles. The van der Waals surface area contributed by atoms with Crippen molar-refractivity contribution in [3.05, 3.63) is 18.0 Å². The standard InChI is InChI=1S/C13H22N4/c1-13(2,11-14)7-4-5-8-15-10-12-6-9-17(3)16-12/h6,9,15H,4-5,7-8,10H2,1-3H3. The monoisotopic (exact) mass is 234 g/mol. The van der Waals surface area contributed by atoms with Crippen LogP contribution in [0.4, 0.5) is 0 Å². The van der Waals surface area contributed by atoms with Crippen molar-refractivity contribution in [2.75, 3.05) is 6.54 Å². The molecule has 0 aliphatic rings. The summed E-state index contributed by atoms with van der Waals surface area (Å²) in [6.45, 7) is 5.79. The molecule has 0 fully saturated rings. The van der Waals surface area contributed by atoms with Crippen molar-refractivity contribution < 1.29 is 0 Å². The largest absolute Gasteiger partial charge is 0.311 e. The van der Waals surface area contributed by atoms with Crippen LogP contribution in [0.2, 0.25) is 0 Å². The topological polar surface area (TPSA) is 53.6 Å². The van der Waals surface area contributed by atoms with E-state index in [0.29, 0.717) is 0 Å². The average Bonchev–Trinajstić information content (AvgIpc) is 2.69. The van der Waals surface area contributed by atoms with Crippen molar-refractivity contribution in [2.24, 2.45) is 12.5 Å². The fraction of sp³-hybridized carbons (Fsp3) is 0.692. The van der Waals surface area contributed by atoms with Gasteiger partial charge in [-0.3, -0.25) is 4.68 Å². The Morgan fingerprint density at radius 2 is 2.24 bits per heavy atom. The number of nitriles is 1. The summed E-state index contributed by atoms with van der Waals surface area (Å²) in [5, 5.41) is 16.5. The van der Waals surface area contributed by atoms with E-state index in [4.69, 9.17) is 5.26 Å². The molecule has 0 aliphatic heterocycles. The van der Waals surface area contributed by atoms with Crippen LogP contribution < -0.4 is 5.32 Å². The highest BCUT2D eigenvalue weighted by molar-refractivity contribution is 4.97. The summed E-state index contributed by atoms with van der Waals surface area (Å²) in [5.74, 6) is 0. The van der Waals surface area contributed by atoms with Crippen molar-refractivity contribution in [1.82, 2.24) is 15.1 Å². The Labute approximate surface area is 104 Å². The van der Waals surface area contributed by atoms with Gasteiger partial charge in [0, 0.05) is 19.8 Å². The van der Waals surface area contributed by atoms with Crippen molar-refractivity contribution in [3.63, 3.8) is 0 Å². The van der Waals surface area contributed by atoms with Crippen molar-refractivity contribution in [2.45, 2.75) is 39.7 Å². The summed E-state index contributed by atoms with van der Waals surface area (Å²) in [4.78, 5) is 0. The number of hydrogen-bond acceptors (Lipinski definition) is 3. The molecule has 0 saturated heterocycles. The van der Waals surface area contributed by atoms with E-state index in [2.05, 4.69) is 16.5 Å². The molecule has 0 amide bonds. The third kappa shape index (κ3) is 5.50. The molecule has 1 aromatic rings. The zero-order valence-electron chi connectivity index (χ0n) is 11.0. The molecule has 0 unspecified atom stereocenters. The van der Waals surface area contributed by atoms with E-state index < -0.39 is 0 Å². The van der Waals surface area contributed by atoms with Crippen LogP contribution in [0.3, 0.4) is 0 Å². The Bertz CT molecular complexity index is 373. The Kier molecular flexibility index (Phi) is 5.17. The third-order valence-electron chi connectivity index (χ3n) is 2.78. The van der Waals surface area contributed by atoms with Gasteiger partial charge in [-0.15, -0.1) is 0 Å². The minimum atomic E-state index is -0.180. The van der Waals surface area contributed by atoms with E-state index in [1.54, 1.807) is 0 Å². The fourth-order valence-corrected chi connectivity index (χ4v) is 1.65. The number of rotatable bonds is 7. The highest BCUT2D eigenvalue weighted by Gasteiger charge is 2.15. The fourth-order valence-electron chi connectivity index (χ4n) is 1.65. The van der Waals surface area contributed by atoms with Crippen LogP contribution >= 0.6 is 0 Å². The molecule has 1 N–H and O–H groups in total. The summed E-state index contributed by atoms with van der Waals surface area (Å²) < 4.78 is 1.81. The van der Waals surface area contributed by atoms with E-state index in [1.807, 2.05) is 37.8 Å². The van der Waals surface area contributed by atoms with Crippen molar-refractivity contribution >= 4 is 0 Å². The summed E-state index contributed by atoms with van der Waals surface area (Å²) in [6.07, 6.45) is 5.12. The number of nitrogens with one attached hydrogen (secondary N) is 1. The molecule has 0 saturated carbocycles. The Morgan fingerprint density at radius 3 is 2.82 bits per heavy atom. The predicted molar refractivity (Wildman–Crippen MR) is 68.2 cm³/mol. The molecule has 0 aromatic carbocycles. The quantitative estimate of drug-likeness (QED) is 0.736. The maximum absolute atomic E-state index is 8.87. The second-order valence-electron chi connectivity index (χ2n) is 5.11. The van der Waals surface area contributed by atoms with Crippen LogP contribution in [0.15, 0.2) is 12.3 Å². The molecule has 1 heterocycles. The molecule has 0 atom stereocenters. The van der Waals surface area contributed by atoms with Crippen LogP contribution in [0, 0.1) is 16.7 Å². The lowest BCUT2D eigenvalue weighted by Crippen LogP contribution is -2.16. The second-order valence-corrected chi connectivity index (χ2v) is 5.11. The van der Waals surface area contributed by atoms with Gasteiger partial charge in [-0.2, -0.15) is 10.4 Å². The van der Waals surface area contributed by atoms with E-state index in [9.17, 15) is 0 Å². The molecule has 4 heteroatoms. The van der Waals surface area contributed by atoms with Gasteiger partial charge in [0.05, 0.1) is 17.2 Å². The van der Waals surface area contributed by atoms with E-state index in [1.165, 1.54) is 0 Å². The first kappa shape index (κ1) is 13.7. The predicted octanol–water partition coefficient (Wildman–Crippen LogP) is 2.23. The first-order chi connectivity index (χ1) is 8.03. The first-order valence-electron chi connectivity index (χ1n) is 6.14. The van der Waals surface area contributed by atoms with Gasteiger partial charge < -0.3 is 5.32 Å². The van der Waals surface area contributed by atoms with Crippen LogP contribution in [-0.2, 0) is 13.6 Å². The van der Waals surface area contributed by atoms with Crippen LogP contribution in [0.25, 0.3) is 0 Å². The lowest BCUT2D eigenvalue weighted by atomic mass is 9.89. The van der Waals surface area contributed by atoms with Gasteiger partial charge in [0.15, 0.2) is 0 Å². The number of hydrogen-bond donors (Lipinski definition) is 1. The third-order valence-corrected chi connectivity index (χ3v) is 2.78. The van der Waals surface area contributed by atoms with Crippen molar-refractivity contribution in [1.29, 1.82) is 5.26 Å². The summed E-state index contributed by atoms with van der Waals surface area (Å²) >= 11 is 0. The van der Waals surface area contributed by atoms with Gasteiger partial charge in [-0.1, -0.05) is 6.42 Å². The number of nitrogens with zero attached hydrogens (tertiary/aromatic N) is 3. The number of aryl methyl sites for hydroxylation is 1. The molecule has 1 rings (SSSR count). The Morgan fingerprint density at radius 1 is 1.47 bits per heavy atom. The average molecular weight is 234 g/mol. The molecule has 1 aromatic heterocycles. The molecular weight excluding hydrogens is 212 g/mol. The van der Waals surface area contributed by atoms with Crippen LogP contribution in [0.5, 0.6) is 0 Å². The van der Waals surface area contributed by atoms with Gasteiger partial charge in [0.2, 0.25) is 0 Å². The second kappa shape index (κ2) is 6.41. The zero-order chi connectivity index (χ0) is 12.7. The summed E-state index contributed by atoms with van der Waals surface area (Å²) in [6, 6.07) is 4.35. The number of aromatic nitrogens is 2. The van der Waals surface area contributed by atoms with Gasteiger partial charge in [0.25, 0.3) is 0 Å². The maximum Gasteiger partial charge on any atom is 0.0762 e. The minimum Gasteiger partial charge on any atom is -0.311 e. The van der Waals surface area contributed by atoms with Gasteiger partial charge >= 0.3 is 0 Å². The van der Waals surface area contributed by atoms with Gasteiger partial charge in [-0.05, 0) is 39.3 Å². The van der Waals surface area contributed by atoms with Crippen LogP contribution in [0.1, 0.15) is 38.8 Å². The first-order valence-corrected chi connectivity index (χ1v) is 6.14.